The summed E-state index contributed by atoms with van der Waals surface area (Å²) in [6, 6.07) is 3.12. The van der Waals surface area contributed by atoms with Crippen LogP contribution in [0.2, 0.25) is 0 Å². The first-order chi connectivity index (χ1) is 10.8. The number of aryl methyl sites for hydroxylation is 1. The average molecular weight is 321 g/mol. The topological polar surface area (TPSA) is 84.7 Å². The third-order valence-electron chi connectivity index (χ3n) is 4.04. The highest BCUT2D eigenvalue weighted by molar-refractivity contribution is 5.95. The van der Waals surface area contributed by atoms with E-state index in [4.69, 9.17) is 4.74 Å². The van der Waals surface area contributed by atoms with Gasteiger partial charge in [-0.05, 0) is 38.8 Å². The predicted octanol–water partition coefficient (Wildman–Crippen LogP) is 2.26. The highest BCUT2D eigenvalue weighted by Gasteiger charge is 2.25. The molecule has 0 aliphatic carbocycles. The van der Waals surface area contributed by atoms with Crippen LogP contribution in [-0.4, -0.2) is 47.6 Å². The van der Waals surface area contributed by atoms with E-state index in [1.165, 1.54) is 6.07 Å². The molecule has 1 aromatic rings. The zero-order valence-electron chi connectivity index (χ0n) is 14.0. The molecule has 2 atom stereocenters. The van der Waals surface area contributed by atoms with E-state index in [1.54, 1.807) is 13.0 Å². The number of benzene rings is 1. The van der Waals surface area contributed by atoms with Gasteiger partial charge in [0.25, 0.3) is 5.69 Å². The molecule has 0 radical (unpaired) electrons. The van der Waals surface area contributed by atoms with Crippen LogP contribution in [0.4, 0.5) is 11.4 Å². The Labute approximate surface area is 135 Å². The second-order valence-electron chi connectivity index (χ2n) is 6.16. The molecule has 0 saturated carbocycles. The van der Waals surface area contributed by atoms with Crippen LogP contribution in [0, 0.1) is 24.0 Å². The number of nitrogens with zero attached hydrogens (tertiary/aromatic N) is 2. The monoisotopic (exact) mass is 321 g/mol. The number of hydrogen-bond acceptors (Lipinski definition) is 5. The van der Waals surface area contributed by atoms with Gasteiger partial charge in [-0.25, -0.2) is 0 Å². The summed E-state index contributed by atoms with van der Waals surface area (Å²) in [6.45, 7) is 9.12. The Kier molecular flexibility index (Phi) is 5.33. The molecule has 0 unspecified atom stereocenters. The maximum absolute atomic E-state index is 12.3. The maximum Gasteiger partial charge on any atom is 0.293 e. The molecule has 23 heavy (non-hydrogen) atoms. The molecule has 1 amide bonds. The average Bonchev–Trinajstić information content (AvgIpc) is 2.42. The van der Waals surface area contributed by atoms with Gasteiger partial charge in [0.15, 0.2) is 0 Å². The standard InChI is InChI=1S/C16H23N3O4/c1-10-5-6-14(19(21)22)16(13(10)4)17-15(20)9-18-7-11(2)23-12(3)8-18/h5-6,11-12H,7-9H2,1-4H3,(H,17,20)/t11-,12-/m0/s1. The molecule has 7 heteroatoms. The lowest BCUT2D eigenvalue weighted by atomic mass is 10.1. The Morgan fingerprint density at radius 3 is 2.52 bits per heavy atom. The van der Waals surface area contributed by atoms with Gasteiger partial charge < -0.3 is 10.1 Å². The Morgan fingerprint density at radius 1 is 1.35 bits per heavy atom. The Morgan fingerprint density at radius 2 is 1.96 bits per heavy atom. The first kappa shape index (κ1) is 17.4. The van der Waals surface area contributed by atoms with Crippen molar-refractivity contribution in [3.8, 4) is 0 Å². The van der Waals surface area contributed by atoms with Crippen LogP contribution in [0.5, 0.6) is 0 Å². The Bertz CT molecular complexity index is 608. The van der Waals surface area contributed by atoms with Gasteiger partial charge in [0.05, 0.1) is 23.7 Å². The van der Waals surface area contributed by atoms with E-state index >= 15 is 0 Å². The summed E-state index contributed by atoms with van der Waals surface area (Å²) in [4.78, 5) is 25.0. The smallest absolute Gasteiger partial charge is 0.293 e. The summed E-state index contributed by atoms with van der Waals surface area (Å²) in [7, 11) is 0. The Hall–Kier alpha value is -1.99. The van der Waals surface area contributed by atoms with Gasteiger partial charge in [0, 0.05) is 19.2 Å². The minimum absolute atomic E-state index is 0.0709. The van der Waals surface area contributed by atoms with Crippen molar-refractivity contribution in [3.05, 3.63) is 33.4 Å². The first-order valence-corrected chi connectivity index (χ1v) is 7.70. The number of amides is 1. The second-order valence-corrected chi connectivity index (χ2v) is 6.16. The minimum atomic E-state index is -0.471. The number of nitrogens with one attached hydrogen (secondary N) is 1. The summed E-state index contributed by atoms with van der Waals surface area (Å²) in [5.41, 5.74) is 1.83. The van der Waals surface area contributed by atoms with Gasteiger partial charge >= 0.3 is 0 Å². The summed E-state index contributed by atoms with van der Waals surface area (Å²) >= 11 is 0. The lowest BCUT2D eigenvalue weighted by Crippen LogP contribution is -2.48. The molecule has 7 nitrogen and oxygen atoms in total. The van der Waals surface area contributed by atoms with Crippen molar-refractivity contribution in [1.29, 1.82) is 0 Å². The van der Waals surface area contributed by atoms with E-state index in [9.17, 15) is 14.9 Å². The molecule has 1 saturated heterocycles. The molecule has 1 fully saturated rings. The minimum Gasteiger partial charge on any atom is -0.373 e. The summed E-state index contributed by atoms with van der Waals surface area (Å²) in [5, 5.41) is 13.9. The molecular formula is C16H23N3O4. The van der Waals surface area contributed by atoms with Crippen molar-refractivity contribution in [2.45, 2.75) is 39.9 Å². The van der Waals surface area contributed by atoms with Crippen LogP contribution in [-0.2, 0) is 9.53 Å². The molecule has 126 valence electrons. The number of carbonyl (C=O) groups excluding carboxylic acids is 1. The van der Waals surface area contributed by atoms with E-state index < -0.39 is 4.92 Å². The highest BCUT2D eigenvalue weighted by Crippen LogP contribution is 2.30. The fourth-order valence-electron chi connectivity index (χ4n) is 2.91. The quantitative estimate of drug-likeness (QED) is 0.679. The lowest BCUT2D eigenvalue weighted by molar-refractivity contribution is -0.384. The number of nitro groups is 1. The molecule has 1 aliphatic heterocycles. The fourth-order valence-corrected chi connectivity index (χ4v) is 2.91. The van der Waals surface area contributed by atoms with E-state index in [0.717, 1.165) is 11.1 Å². The van der Waals surface area contributed by atoms with Gasteiger partial charge in [-0.3, -0.25) is 19.8 Å². The van der Waals surface area contributed by atoms with Gasteiger partial charge in [-0.2, -0.15) is 0 Å². The number of rotatable bonds is 4. The molecule has 0 bridgehead atoms. The fraction of sp³-hybridized carbons (Fsp3) is 0.562. The van der Waals surface area contributed by atoms with Crippen LogP contribution in [0.1, 0.15) is 25.0 Å². The van der Waals surface area contributed by atoms with Crippen molar-refractivity contribution in [3.63, 3.8) is 0 Å². The molecule has 1 N–H and O–H groups in total. The number of nitro benzene ring substituents is 1. The largest absolute Gasteiger partial charge is 0.373 e. The second kappa shape index (κ2) is 7.06. The van der Waals surface area contributed by atoms with Crippen molar-refractivity contribution in [2.75, 3.05) is 25.0 Å². The molecular weight excluding hydrogens is 298 g/mol. The molecule has 1 aliphatic rings. The van der Waals surface area contributed by atoms with Crippen LogP contribution < -0.4 is 5.32 Å². The zero-order valence-corrected chi connectivity index (χ0v) is 14.0. The van der Waals surface area contributed by atoms with Gasteiger partial charge in [-0.1, -0.05) is 6.07 Å². The predicted molar refractivity (Wildman–Crippen MR) is 87.6 cm³/mol. The number of ether oxygens (including phenoxy) is 1. The van der Waals surface area contributed by atoms with Crippen LogP contribution in [0.3, 0.4) is 0 Å². The number of morpholine rings is 1. The van der Waals surface area contributed by atoms with E-state index in [1.807, 2.05) is 25.7 Å². The molecule has 1 aromatic carbocycles. The van der Waals surface area contributed by atoms with E-state index in [0.29, 0.717) is 13.1 Å². The molecule has 0 spiro atoms. The normalized spacial score (nSPS) is 21.9. The molecule has 1 heterocycles. The van der Waals surface area contributed by atoms with E-state index in [-0.39, 0.29) is 36.0 Å². The van der Waals surface area contributed by atoms with E-state index in [2.05, 4.69) is 5.32 Å². The summed E-state index contributed by atoms with van der Waals surface area (Å²) in [6.07, 6.45) is 0.142. The van der Waals surface area contributed by atoms with Crippen molar-refractivity contribution >= 4 is 17.3 Å². The van der Waals surface area contributed by atoms with Gasteiger partial charge in [0.2, 0.25) is 5.91 Å². The third-order valence-corrected chi connectivity index (χ3v) is 4.04. The third kappa shape index (κ3) is 4.27. The van der Waals surface area contributed by atoms with Gasteiger partial charge in [0.1, 0.15) is 5.69 Å². The summed E-state index contributed by atoms with van der Waals surface area (Å²) in [5.74, 6) is -0.247. The first-order valence-electron chi connectivity index (χ1n) is 7.70. The SMILES string of the molecule is Cc1ccc([N+](=O)[O-])c(NC(=O)CN2C[C@H](C)O[C@@H](C)C2)c1C. The number of hydrogen-bond donors (Lipinski definition) is 1. The number of carbonyl (C=O) groups is 1. The molecule has 2 rings (SSSR count). The van der Waals surface area contributed by atoms with Crippen molar-refractivity contribution in [1.82, 2.24) is 4.90 Å². The molecule has 0 aromatic heterocycles. The van der Waals surface area contributed by atoms with Crippen LogP contribution >= 0.6 is 0 Å². The van der Waals surface area contributed by atoms with Gasteiger partial charge in [-0.15, -0.1) is 0 Å². The van der Waals surface area contributed by atoms with Crippen LogP contribution in [0.15, 0.2) is 12.1 Å². The zero-order chi connectivity index (χ0) is 17.1. The summed E-state index contributed by atoms with van der Waals surface area (Å²) < 4.78 is 5.64. The maximum atomic E-state index is 12.3. The van der Waals surface area contributed by atoms with Crippen LogP contribution in [0.25, 0.3) is 0 Å². The lowest BCUT2D eigenvalue weighted by Gasteiger charge is -2.34. The van der Waals surface area contributed by atoms with Crippen molar-refractivity contribution < 1.29 is 14.5 Å². The highest BCUT2D eigenvalue weighted by atomic mass is 16.6. The number of anilines is 1. The van der Waals surface area contributed by atoms with Crippen molar-refractivity contribution in [2.24, 2.45) is 0 Å². The Balaban J connectivity index is 2.11.